The van der Waals surface area contributed by atoms with Gasteiger partial charge in [-0.2, -0.15) is 0 Å². The Morgan fingerprint density at radius 2 is 1.70 bits per heavy atom. The Kier molecular flexibility index (Phi) is 6.57. The number of carbonyl (C=O) groups is 1. The largest absolute Gasteiger partial charge is 0.338 e. The van der Waals surface area contributed by atoms with Crippen molar-refractivity contribution in [2.24, 2.45) is 5.73 Å². The molecule has 0 heterocycles. The summed E-state index contributed by atoms with van der Waals surface area (Å²) >= 11 is 0. The summed E-state index contributed by atoms with van der Waals surface area (Å²) in [6.45, 7) is 3.21. The van der Waals surface area contributed by atoms with Crippen LogP contribution < -0.4 is 5.73 Å². The van der Waals surface area contributed by atoms with E-state index in [1.165, 1.54) is 0 Å². The third-order valence-electron chi connectivity index (χ3n) is 3.74. The first-order valence-electron chi connectivity index (χ1n) is 8.00. The maximum Gasteiger partial charge on any atom is 0.240 e. The maximum atomic E-state index is 12.5. The molecule has 2 N–H and O–H groups in total. The van der Waals surface area contributed by atoms with Gasteiger partial charge in [0.2, 0.25) is 5.91 Å². The predicted octanol–water partition coefficient (Wildman–Crippen LogP) is 3.12. The number of amides is 1. The summed E-state index contributed by atoms with van der Waals surface area (Å²) in [5.41, 5.74) is 8.31. The van der Waals surface area contributed by atoms with Crippen LogP contribution in [0.2, 0.25) is 0 Å². The summed E-state index contributed by atoms with van der Waals surface area (Å²) in [4.78, 5) is 14.3. The molecule has 0 aliphatic rings. The van der Waals surface area contributed by atoms with Crippen LogP contribution in [-0.2, 0) is 11.2 Å². The zero-order chi connectivity index (χ0) is 16.5. The molecule has 3 nitrogen and oxygen atoms in total. The second-order valence-electron chi connectivity index (χ2n) is 5.49. The van der Waals surface area contributed by atoms with E-state index in [4.69, 9.17) is 5.73 Å². The van der Waals surface area contributed by atoms with Crippen LogP contribution in [0.1, 0.15) is 18.1 Å². The van der Waals surface area contributed by atoms with E-state index < -0.39 is 6.04 Å². The van der Waals surface area contributed by atoms with Crippen LogP contribution in [0.4, 0.5) is 0 Å². The zero-order valence-electron chi connectivity index (χ0n) is 13.6. The normalized spacial score (nSPS) is 12.3. The van der Waals surface area contributed by atoms with Crippen LogP contribution in [0, 0.1) is 0 Å². The third-order valence-corrected chi connectivity index (χ3v) is 3.74. The number of nitrogens with zero attached hydrogens (tertiary/aromatic N) is 1. The molecule has 1 atom stereocenters. The summed E-state index contributed by atoms with van der Waals surface area (Å²) in [6, 6.07) is 19.5. The first-order valence-corrected chi connectivity index (χ1v) is 8.00. The van der Waals surface area contributed by atoms with E-state index >= 15 is 0 Å². The Hall–Kier alpha value is -2.39. The smallest absolute Gasteiger partial charge is 0.240 e. The minimum absolute atomic E-state index is 0.00550. The van der Waals surface area contributed by atoms with Crippen molar-refractivity contribution >= 4 is 12.0 Å². The van der Waals surface area contributed by atoms with Crippen LogP contribution in [-0.4, -0.2) is 29.9 Å². The minimum atomic E-state index is -0.498. The molecular weight excluding hydrogens is 284 g/mol. The lowest BCUT2D eigenvalue weighted by atomic mass is 10.1. The molecule has 3 heteroatoms. The second-order valence-corrected chi connectivity index (χ2v) is 5.49. The Bertz CT molecular complexity index is 623. The summed E-state index contributed by atoms with van der Waals surface area (Å²) in [5.74, 6) is -0.00550. The van der Waals surface area contributed by atoms with Gasteiger partial charge in [0.05, 0.1) is 6.04 Å². The van der Waals surface area contributed by atoms with Crippen molar-refractivity contribution in [2.75, 3.05) is 13.1 Å². The molecule has 0 bridgehead atoms. The van der Waals surface area contributed by atoms with Crippen LogP contribution in [0.3, 0.4) is 0 Å². The summed E-state index contributed by atoms with van der Waals surface area (Å²) in [5, 5.41) is 0. The Morgan fingerprint density at radius 3 is 2.30 bits per heavy atom. The SMILES string of the molecule is CCN(C/C=C/c1ccccc1)C(=O)[C@H](N)Cc1ccccc1. The fraction of sp³-hybridized carbons (Fsp3) is 0.250. The summed E-state index contributed by atoms with van der Waals surface area (Å²) in [7, 11) is 0. The average molecular weight is 308 g/mol. The summed E-state index contributed by atoms with van der Waals surface area (Å²) in [6.07, 6.45) is 4.60. The fourth-order valence-electron chi connectivity index (χ4n) is 2.44. The van der Waals surface area contributed by atoms with Crippen molar-refractivity contribution in [3.8, 4) is 0 Å². The molecule has 0 radical (unpaired) electrons. The van der Waals surface area contributed by atoms with Gasteiger partial charge in [0, 0.05) is 13.1 Å². The van der Waals surface area contributed by atoms with Gasteiger partial charge in [-0.25, -0.2) is 0 Å². The number of hydrogen-bond donors (Lipinski definition) is 1. The Balaban J connectivity index is 1.91. The lowest BCUT2D eigenvalue weighted by Gasteiger charge is -2.23. The zero-order valence-corrected chi connectivity index (χ0v) is 13.6. The van der Waals surface area contributed by atoms with E-state index in [1.54, 1.807) is 4.90 Å². The van der Waals surface area contributed by atoms with E-state index in [9.17, 15) is 4.79 Å². The minimum Gasteiger partial charge on any atom is -0.338 e. The standard InChI is InChI=1S/C20H24N2O/c1-2-22(15-9-14-17-10-5-3-6-11-17)20(23)19(21)16-18-12-7-4-8-13-18/h3-14,19H,2,15-16,21H2,1H3/b14-9+/t19-/m1/s1. The number of benzene rings is 2. The number of hydrogen-bond acceptors (Lipinski definition) is 2. The van der Waals surface area contributed by atoms with Crippen LogP contribution in [0.25, 0.3) is 6.08 Å². The molecule has 0 aliphatic heterocycles. The highest BCUT2D eigenvalue weighted by Gasteiger charge is 2.19. The van der Waals surface area contributed by atoms with Gasteiger partial charge in [-0.3, -0.25) is 4.79 Å². The highest BCUT2D eigenvalue weighted by atomic mass is 16.2. The molecule has 0 fully saturated rings. The molecule has 1 amide bonds. The molecule has 0 unspecified atom stereocenters. The van der Waals surface area contributed by atoms with E-state index in [2.05, 4.69) is 0 Å². The molecule has 2 aromatic rings. The van der Waals surface area contributed by atoms with Gasteiger partial charge in [0.25, 0.3) is 0 Å². The van der Waals surface area contributed by atoms with Gasteiger partial charge >= 0.3 is 0 Å². The molecule has 0 saturated heterocycles. The van der Waals surface area contributed by atoms with Crippen LogP contribution in [0.15, 0.2) is 66.7 Å². The molecule has 0 aromatic heterocycles. The first kappa shape index (κ1) is 17.0. The van der Waals surface area contributed by atoms with Crippen molar-refractivity contribution in [3.63, 3.8) is 0 Å². The topological polar surface area (TPSA) is 46.3 Å². The number of rotatable bonds is 7. The van der Waals surface area contributed by atoms with Crippen LogP contribution >= 0.6 is 0 Å². The van der Waals surface area contributed by atoms with E-state index in [0.717, 1.165) is 11.1 Å². The van der Waals surface area contributed by atoms with Gasteiger partial charge in [0.15, 0.2) is 0 Å². The van der Waals surface area contributed by atoms with Crippen molar-refractivity contribution in [1.29, 1.82) is 0 Å². The molecule has 23 heavy (non-hydrogen) atoms. The highest BCUT2D eigenvalue weighted by molar-refractivity contribution is 5.82. The van der Waals surface area contributed by atoms with Crippen molar-refractivity contribution < 1.29 is 4.79 Å². The second kappa shape index (κ2) is 8.91. The molecule has 2 aromatic carbocycles. The maximum absolute atomic E-state index is 12.5. The molecule has 0 aliphatic carbocycles. The molecule has 2 rings (SSSR count). The number of carbonyl (C=O) groups excluding carboxylic acids is 1. The molecule has 0 spiro atoms. The molecule has 0 saturated carbocycles. The van der Waals surface area contributed by atoms with E-state index in [1.807, 2.05) is 79.7 Å². The Labute approximate surface area is 138 Å². The quantitative estimate of drug-likeness (QED) is 0.854. The Morgan fingerprint density at radius 1 is 1.09 bits per heavy atom. The lowest BCUT2D eigenvalue weighted by Crippen LogP contribution is -2.44. The number of nitrogens with two attached hydrogens (primary N) is 1. The first-order chi connectivity index (χ1) is 11.2. The predicted molar refractivity (Wildman–Crippen MR) is 95.9 cm³/mol. The monoisotopic (exact) mass is 308 g/mol. The van der Waals surface area contributed by atoms with Crippen molar-refractivity contribution in [2.45, 2.75) is 19.4 Å². The van der Waals surface area contributed by atoms with Crippen LogP contribution in [0.5, 0.6) is 0 Å². The number of likely N-dealkylation sites (N-methyl/N-ethyl adjacent to an activating group) is 1. The van der Waals surface area contributed by atoms with Gasteiger partial charge in [-0.05, 0) is 24.5 Å². The summed E-state index contributed by atoms with van der Waals surface area (Å²) < 4.78 is 0. The average Bonchev–Trinajstić information content (AvgIpc) is 2.60. The highest BCUT2D eigenvalue weighted by Crippen LogP contribution is 2.06. The molecule has 120 valence electrons. The van der Waals surface area contributed by atoms with E-state index in [0.29, 0.717) is 19.5 Å². The van der Waals surface area contributed by atoms with Gasteiger partial charge in [-0.15, -0.1) is 0 Å². The molecular formula is C20H24N2O. The fourth-order valence-corrected chi connectivity index (χ4v) is 2.44. The van der Waals surface area contributed by atoms with Gasteiger partial charge in [-0.1, -0.05) is 72.8 Å². The van der Waals surface area contributed by atoms with Gasteiger partial charge in [0.1, 0.15) is 0 Å². The van der Waals surface area contributed by atoms with E-state index in [-0.39, 0.29) is 5.91 Å². The van der Waals surface area contributed by atoms with Crippen molar-refractivity contribution in [1.82, 2.24) is 4.90 Å². The van der Waals surface area contributed by atoms with Gasteiger partial charge < -0.3 is 10.6 Å². The van der Waals surface area contributed by atoms with Crippen molar-refractivity contribution in [3.05, 3.63) is 77.9 Å². The third kappa shape index (κ3) is 5.38. The lowest BCUT2D eigenvalue weighted by molar-refractivity contribution is -0.131.